The number of benzene rings is 3. The van der Waals surface area contributed by atoms with Crippen LogP contribution in [0.2, 0.25) is 0 Å². The quantitative estimate of drug-likeness (QED) is 0.238. The van der Waals surface area contributed by atoms with Gasteiger partial charge in [0.2, 0.25) is 0 Å². The second kappa shape index (κ2) is 13.0. The number of halogens is 3. The Labute approximate surface area is 242 Å². The topological polar surface area (TPSA) is 90.0 Å². The minimum atomic E-state index is -4.48. The van der Waals surface area contributed by atoms with Crippen LogP contribution in [0.15, 0.2) is 65.7 Å². The van der Waals surface area contributed by atoms with Crippen molar-refractivity contribution in [2.45, 2.75) is 17.7 Å². The minimum absolute atomic E-state index is 0.128. The van der Waals surface area contributed by atoms with Crippen LogP contribution in [0.4, 0.5) is 18.9 Å². The molecule has 1 aliphatic heterocycles. The zero-order valence-corrected chi connectivity index (χ0v) is 23.7. The molecule has 0 radical (unpaired) electrons. The van der Waals surface area contributed by atoms with Gasteiger partial charge in [0.05, 0.1) is 38.1 Å². The van der Waals surface area contributed by atoms with Crippen LogP contribution in [0.25, 0.3) is 10.9 Å². The summed E-state index contributed by atoms with van der Waals surface area (Å²) in [7, 11) is -2.93. The molecule has 5 rings (SSSR count). The second-order valence-electron chi connectivity index (χ2n) is 9.81. The molecule has 0 atom stereocenters. The minimum Gasteiger partial charge on any atom is -0.493 e. The van der Waals surface area contributed by atoms with E-state index in [4.69, 9.17) is 14.2 Å². The maximum atomic E-state index is 15.1. The first kappa shape index (κ1) is 29.6. The highest BCUT2D eigenvalue weighted by atomic mass is 32.2. The third-order valence-electron chi connectivity index (χ3n) is 6.97. The molecule has 0 aliphatic carbocycles. The highest BCUT2D eigenvalue weighted by Crippen LogP contribution is 2.34. The van der Waals surface area contributed by atoms with Gasteiger partial charge in [-0.15, -0.1) is 0 Å². The Bertz CT molecular complexity index is 1680. The average molecular weight is 602 g/mol. The van der Waals surface area contributed by atoms with Crippen LogP contribution in [-0.2, 0) is 21.2 Å². The predicted octanol–water partition coefficient (Wildman–Crippen LogP) is 5.15. The molecule has 3 aromatic carbocycles. The first-order chi connectivity index (χ1) is 20.2. The number of fused-ring (bicyclic) bond motifs is 1. The van der Waals surface area contributed by atoms with Crippen molar-refractivity contribution in [1.82, 2.24) is 9.88 Å². The first-order valence-corrected chi connectivity index (χ1v) is 14.9. The molecule has 0 bridgehead atoms. The van der Waals surface area contributed by atoms with Crippen LogP contribution in [0, 0.1) is 17.5 Å². The fraction of sp³-hybridized carbons (Fsp3) is 0.300. The number of rotatable bonds is 11. The zero-order chi connectivity index (χ0) is 29.7. The number of sulfonamides is 1. The van der Waals surface area contributed by atoms with Crippen LogP contribution in [0.3, 0.4) is 0 Å². The van der Waals surface area contributed by atoms with Gasteiger partial charge in [-0.3, -0.25) is 14.6 Å². The Balaban J connectivity index is 1.30. The molecule has 1 aromatic heterocycles. The van der Waals surface area contributed by atoms with Gasteiger partial charge in [-0.25, -0.2) is 21.6 Å². The molecule has 1 fully saturated rings. The van der Waals surface area contributed by atoms with Gasteiger partial charge in [0, 0.05) is 43.7 Å². The molecule has 1 N–H and O–H groups in total. The molecule has 222 valence electrons. The van der Waals surface area contributed by atoms with Crippen molar-refractivity contribution < 1.29 is 35.8 Å². The van der Waals surface area contributed by atoms with Crippen molar-refractivity contribution in [2.24, 2.45) is 0 Å². The Hall–Kier alpha value is -3.87. The van der Waals surface area contributed by atoms with Crippen LogP contribution >= 0.6 is 0 Å². The van der Waals surface area contributed by atoms with E-state index in [9.17, 15) is 17.2 Å². The van der Waals surface area contributed by atoms with E-state index in [1.807, 2.05) is 6.07 Å². The number of ether oxygens (including phenoxy) is 3. The summed E-state index contributed by atoms with van der Waals surface area (Å²) in [6.07, 6.45) is 2.65. The smallest absolute Gasteiger partial charge is 0.264 e. The van der Waals surface area contributed by atoms with Crippen molar-refractivity contribution in [3.63, 3.8) is 0 Å². The van der Waals surface area contributed by atoms with Gasteiger partial charge >= 0.3 is 0 Å². The molecule has 1 saturated heterocycles. The number of hydrogen-bond acceptors (Lipinski definition) is 7. The summed E-state index contributed by atoms with van der Waals surface area (Å²) in [5.41, 5.74) is 1.59. The van der Waals surface area contributed by atoms with E-state index in [-0.39, 0.29) is 12.1 Å². The van der Waals surface area contributed by atoms with Crippen molar-refractivity contribution in [3.05, 3.63) is 89.4 Å². The van der Waals surface area contributed by atoms with Crippen molar-refractivity contribution >= 4 is 26.6 Å². The van der Waals surface area contributed by atoms with Gasteiger partial charge < -0.3 is 14.2 Å². The standard InChI is InChI=1S/C30H30F3N3O5S/c1-39-28-18-24-20(7-8-34-27(24)19-29(28)41-12-2-9-36-10-13-40-14-11-36)15-21-3-5-23(17-26(21)33)35-42(37,38)30-16-22(31)4-6-25(30)32/h3-8,16-19,35H,2,9-15H2,1H3. The van der Waals surface area contributed by atoms with Gasteiger partial charge in [-0.05, 0) is 60.0 Å². The molecule has 42 heavy (non-hydrogen) atoms. The Morgan fingerprint density at radius 2 is 1.76 bits per heavy atom. The summed E-state index contributed by atoms with van der Waals surface area (Å²) in [4.78, 5) is 5.92. The van der Waals surface area contributed by atoms with Crippen LogP contribution in [-0.4, -0.2) is 64.9 Å². The number of pyridine rings is 1. The molecule has 12 heteroatoms. The molecule has 0 saturated carbocycles. The van der Waals surface area contributed by atoms with E-state index < -0.39 is 32.4 Å². The molecule has 4 aromatic rings. The molecule has 8 nitrogen and oxygen atoms in total. The maximum Gasteiger partial charge on any atom is 0.264 e. The fourth-order valence-corrected chi connectivity index (χ4v) is 5.92. The van der Waals surface area contributed by atoms with Gasteiger partial charge in [0.1, 0.15) is 22.3 Å². The number of morpholine rings is 1. The summed E-state index contributed by atoms with van der Waals surface area (Å²) in [6, 6.07) is 11.3. The second-order valence-corrected chi connectivity index (χ2v) is 11.5. The Morgan fingerprint density at radius 3 is 2.52 bits per heavy atom. The highest BCUT2D eigenvalue weighted by Gasteiger charge is 2.21. The highest BCUT2D eigenvalue weighted by molar-refractivity contribution is 7.92. The molecule has 0 unspecified atom stereocenters. The maximum absolute atomic E-state index is 15.1. The normalized spacial score (nSPS) is 14.2. The lowest BCUT2D eigenvalue weighted by atomic mass is 10.00. The van der Waals surface area contributed by atoms with E-state index in [1.54, 1.807) is 25.4 Å². The lowest BCUT2D eigenvalue weighted by Crippen LogP contribution is -2.37. The molecule has 2 heterocycles. The first-order valence-electron chi connectivity index (χ1n) is 13.4. The Morgan fingerprint density at radius 1 is 0.952 bits per heavy atom. The zero-order valence-electron chi connectivity index (χ0n) is 22.9. The number of anilines is 1. The van der Waals surface area contributed by atoms with Crippen molar-refractivity contribution in [2.75, 3.05) is 51.3 Å². The van der Waals surface area contributed by atoms with Gasteiger partial charge in [0.25, 0.3) is 10.0 Å². The van der Waals surface area contributed by atoms with Gasteiger partial charge in [-0.1, -0.05) is 6.07 Å². The number of hydrogen-bond donors (Lipinski definition) is 1. The van der Waals surface area contributed by atoms with E-state index in [2.05, 4.69) is 14.6 Å². The fourth-order valence-electron chi connectivity index (χ4n) is 4.78. The van der Waals surface area contributed by atoms with Crippen molar-refractivity contribution in [3.8, 4) is 11.5 Å². The van der Waals surface area contributed by atoms with Gasteiger partial charge in [-0.2, -0.15) is 0 Å². The number of nitrogens with zero attached hydrogens (tertiary/aromatic N) is 2. The monoisotopic (exact) mass is 601 g/mol. The molecule has 0 spiro atoms. The third kappa shape index (κ3) is 6.94. The Kier molecular flexibility index (Phi) is 9.15. The van der Waals surface area contributed by atoms with Crippen LogP contribution in [0.1, 0.15) is 17.5 Å². The average Bonchev–Trinajstić information content (AvgIpc) is 2.98. The predicted molar refractivity (Wildman–Crippen MR) is 152 cm³/mol. The summed E-state index contributed by atoms with van der Waals surface area (Å²) in [5.74, 6) is -1.62. The molecular formula is C30H30F3N3O5S. The SMILES string of the molecule is COc1cc2c(Cc3ccc(NS(=O)(=O)c4cc(F)ccc4F)cc3F)ccnc2cc1OCCCN1CCOCC1. The number of nitrogens with one attached hydrogen (secondary N) is 1. The summed E-state index contributed by atoms with van der Waals surface area (Å²) < 4.78 is 86.9. The van der Waals surface area contributed by atoms with E-state index in [0.29, 0.717) is 41.3 Å². The number of aromatic nitrogens is 1. The molecule has 1 aliphatic rings. The molecular weight excluding hydrogens is 571 g/mol. The summed E-state index contributed by atoms with van der Waals surface area (Å²) >= 11 is 0. The van der Waals surface area contributed by atoms with Gasteiger partial charge in [0.15, 0.2) is 11.5 Å². The summed E-state index contributed by atoms with van der Waals surface area (Å²) in [6.45, 7) is 4.75. The molecule has 0 amide bonds. The van der Waals surface area contributed by atoms with E-state index in [1.165, 1.54) is 12.1 Å². The summed E-state index contributed by atoms with van der Waals surface area (Å²) in [5, 5.41) is 0.751. The van der Waals surface area contributed by atoms with Crippen LogP contribution < -0.4 is 14.2 Å². The lowest BCUT2D eigenvalue weighted by Gasteiger charge is -2.26. The number of methoxy groups -OCH3 is 1. The van der Waals surface area contributed by atoms with Crippen molar-refractivity contribution in [1.29, 1.82) is 0 Å². The largest absolute Gasteiger partial charge is 0.493 e. The third-order valence-corrected chi connectivity index (χ3v) is 8.36. The van der Waals surface area contributed by atoms with Crippen LogP contribution in [0.5, 0.6) is 11.5 Å². The van der Waals surface area contributed by atoms with E-state index >= 15 is 4.39 Å². The van der Waals surface area contributed by atoms with E-state index in [0.717, 1.165) is 62.4 Å². The lowest BCUT2D eigenvalue weighted by molar-refractivity contribution is 0.0357.